The number of aromatic nitrogens is 2. The average Bonchev–Trinajstić information content (AvgIpc) is 2.27. The van der Waals surface area contributed by atoms with E-state index in [1.165, 1.54) is 10.8 Å². The number of fused-ring (bicyclic) bond motifs is 1. The van der Waals surface area contributed by atoms with Crippen molar-refractivity contribution in [1.29, 1.82) is 0 Å². The van der Waals surface area contributed by atoms with Crippen molar-refractivity contribution in [2.24, 2.45) is 0 Å². The molecule has 0 aliphatic carbocycles. The highest BCUT2D eigenvalue weighted by molar-refractivity contribution is 5.85. The van der Waals surface area contributed by atoms with Crippen molar-refractivity contribution < 1.29 is 0 Å². The lowest BCUT2D eigenvalue weighted by Gasteiger charge is -2.01. The predicted molar refractivity (Wildman–Crippen MR) is 60.4 cm³/mol. The molecule has 0 spiro atoms. The molecule has 74 valence electrons. The van der Waals surface area contributed by atoms with Gasteiger partial charge in [0.25, 0.3) is 0 Å². The fourth-order valence-electron chi connectivity index (χ4n) is 1.37. The van der Waals surface area contributed by atoms with Crippen LogP contribution in [0.25, 0.3) is 10.8 Å². The molecule has 2 heteroatoms. The highest BCUT2D eigenvalue weighted by Crippen LogP contribution is 2.17. The lowest BCUT2D eigenvalue weighted by molar-refractivity contribution is 0.964. The third kappa shape index (κ3) is 1.90. The molecule has 0 aliphatic rings. The number of hydrogen-bond acceptors (Lipinski definition) is 2. The van der Waals surface area contributed by atoms with Gasteiger partial charge in [-0.25, -0.2) is 0 Å². The van der Waals surface area contributed by atoms with Crippen molar-refractivity contribution in [2.75, 3.05) is 0 Å². The summed E-state index contributed by atoms with van der Waals surface area (Å²) >= 11 is 0. The van der Waals surface area contributed by atoms with E-state index in [1.54, 1.807) is 0 Å². The van der Waals surface area contributed by atoms with E-state index in [0.717, 1.165) is 11.4 Å². The van der Waals surface area contributed by atoms with Crippen LogP contribution in [0.3, 0.4) is 0 Å². The first-order valence-electron chi connectivity index (χ1n) is 4.97. The lowest BCUT2D eigenvalue weighted by Crippen LogP contribution is -1.91. The smallest absolute Gasteiger partial charge is 0.0678 e. The van der Waals surface area contributed by atoms with Gasteiger partial charge in [-0.2, -0.15) is 10.2 Å². The van der Waals surface area contributed by atoms with E-state index in [-0.39, 0.29) is 0 Å². The molecule has 1 aromatic heterocycles. The van der Waals surface area contributed by atoms with Crippen molar-refractivity contribution in [3.8, 4) is 0 Å². The Hall–Kier alpha value is -1.44. The van der Waals surface area contributed by atoms with Crippen LogP contribution in [0.15, 0.2) is 24.3 Å². The van der Waals surface area contributed by atoms with Gasteiger partial charge in [0.15, 0.2) is 0 Å². The monoisotopic (exact) mass is 188 g/mol. The normalized spacial score (nSPS) is 9.43. The van der Waals surface area contributed by atoms with Gasteiger partial charge in [0, 0.05) is 10.8 Å². The van der Waals surface area contributed by atoms with Crippen LogP contribution < -0.4 is 0 Å². The molecule has 0 unspecified atom stereocenters. The van der Waals surface area contributed by atoms with Gasteiger partial charge in [0.05, 0.1) is 11.4 Å². The maximum atomic E-state index is 4.06. The molecule has 0 radical (unpaired) electrons. The number of nitrogens with zero attached hydrogens (tertiary/aromatic N) is 2. The number of hydrogen-bond donors (Lipinski definition) is 0. The zero-order valence-corrected chi connectivity index (χ0v) is 9.20. The van der Waals surface area contributed by atoms with E-state index in [9.17, 15) is 0 Å². The molecule has 0 saturated heterocycles. The number of rotatable bonds is 0. The van der Waals surface area contributed by atoms with Crippen LogP contribution in [0, 0.1) is 13.8 Å². The Morgan fingerprint density at radius 2 is 1.14 bits per heavy atom. The third-order valence-electron chi connectivity index (χ3n) is 2.06. The van der Waals surface area contributed by atoms with E-state index < -0.39 is 0 Å². The Bertz CT molecular complexity index is 381. The van der Waals surface area contributed by atoms with Crippen LogP contribution in [0.4, 0.5) is 0 Å². The Labute approximate surface area is 85.0 Å². The molecule has 0 aliphatic heterocycles. The lowest BCUT2D eigenvalue weighted by atomic mass is 10.1. The number of aryl methyl sites for hydroxylation is 2. The maximum absolute atomic E-state index is 4.06. The minimum atomic E-state index is 0.996. The summed E-state index contributed by atoms with van der Waals surface area (Å²) in [6.45, 7) is 7.96. The average molecular weight is 188 g/mol. The van der Waals surface area contributed by atoms with Crippen molar-refractivity contribution >= 4 is 10.8 Å². The van der Waals surface area contributed by atoms with Crippen molar-refractivity contribution in [3.05, 3.63) is 35.7 Å². The standard InChI is InChI=1S/C10H10N2.C2H6/c1-7-9-5-3-4-6-10(9)8(2)12-11-7;1-2/h3-6H,1-2H3;1-2H3. The largest absolute Gasteiger partial charge is 0.155 e. The summed E-state index contributed by atoms with van der Waals surface area (Å²) in [6, 6.07) is 8.20. The van der Waals surface area contributed by atoms with Crippen LogP contribution in [-0.2, 0) is 0 Å². The molecular formula is C12H16N2. The highest BCUT2D eigenvalue weighted by atomic mass is 15.1. The fourth-order valence-corrected chi connectivity index (χ4v) is 1.37. The fraction of sp³-hybridized carbons (Fsp3) is 0.333. The minimum absolute atomic E-state index is 0.996. The Kier molecular flexibility index (Phi) is 3.57. The van der Waals surface area contributed by atoms with E-state index in [0.29, 0.717) is 0 Å². The maximum Gasteiger partial charge on any atom is 0.0678 e. The molecule has 2 aromatic rings. The van der Waals surface area contributed by atoms with Gasteiger partial charge >= 0.3 is 0 Å². The van der Waals surface area contributed by atoms with Gasteiger partial charge in [-0.3, -0.25) is 0 Å². The van der Waals surface area contributed by atoms with Gasteiger partial charge in [0.1, 0.15) is 0 Å². The Morgan fingerprint density at radius 1 is 0.786 bits per heavy atom. The summed E-state index contributed by atoms with van der Waals surface area (Å²) < 4.78 is 0. The van der Waals surface area contributed by atoms with E-state index >= 15 is 0 Å². The van der Waals surface area contributed by atoms with Gasteiger partial charge in [-0.15, -0.1) is 0 Å². The zero-order valence-electron chi connectivity index (χ0n) is 9.20. The molecule has 2 rings (SSSR count). The van der Waals surface area contributed by atoms with Crippen LogP contribution >= 0.6 is 0 Å². The van der Waals surface area contributed by atoms with Gasteiger partial charge < -0.3 is 0 Å². The molecule has 0 N–H and O–H groups in total. The summed E-state index contributed by atoms with van der Waals surface area (Å²) in [7, 11) is 0. The second-order valence-electron chi connectivity index (χ2n) is 2.92. The predicted octanol–water partition coefficient (Wildman–Crippen LogP) is 3.27. The molecule has 2 nitrogen and oxygen atoms in total. The number of benzene rings is 1. The third-order valence-corrected chi connectivity index (χ3v) is 2.06. The summed E-state index contributed by atoms with van der Waals surface area (Å²) in [5.74, 6) is 0. The van der Waals surface area contributed by atoms with Crippen LogP contribution in [0.1, 0.15) is 25.2 Å². The van der Waals surface area contributed by atoms with Crippen LogP contribution in [-0.4, -0.2) is 10.2 Å². The molecule has 1 heterocycles. The summed E-state index contributed by atoms with van der Waals surface area (Å²) in [5, 5.41) is 10.5. The molecule has 0 atom stereocenters. The molecular weight excluding hydrogens is 172 g/mol. The van der Waals surface area contributed by atoms with E-state index in [4.69, 9.17) is 0 Å². The summed E-state index contributed by atoms with van der Waals surface area (Å²) in [5.41, 5.74) is 1.99. The quantitative estimate of drug-likeness (QED) is 0.634. The first-order chi connectivity index (χ1) is 6.79. The van der Waals surface area contributed by atoms with Gasteiger partial charge in [-0.1, -0.05) is 38.1 Å². The second-order valence-corrected chi connectivity index (χ2v) is 2.92. The van der Waals surface area contributed by atoms with Gasteiger partial charge in [0.2, 0.25) is 0 Å². The molecule has 0 fully saturated rings. The van der Waals surface area contributed by atoms with Crippen molar-refractivity contribution in [1.82, 2.24) is 10.2 Å². The van der Waals surface area contributed by atoms with E-state index in [1.807, 2.05) is 39.8 Å². The second kappa shape index (κ2) is 4.70. The van der Waals surface area contributed by atoms with Crippen LogP contribution in [0.2, 0.25) is 0 Å². The van der Waals surface area contributed by atoms with Gasteiger partial charge in [-0.05, 0) is 13.8 Å². The molecule has 1 aromatic carbocycles. The summed E-state index contributed by atoms with van der Waals surface area (Å²) in [6.07, 6.45) is 0. The topological polar surface area (TPSA) is 25.8 Å². The molecule has 0 bridgehead atoms. The zero-order chi connectivity index (χ0) is 10.6. The Balaban J connectivity index is 0.000000461. The summed E-state index contributed by atoms with van der Waals surface area (Å²) in [4.78, 5) is 0. The highest BCUT2D eigenvalue weighted by Gasteiger charge is 2.00. The van der Waals surface area contributed by atoms with E-state index in [2.05, 4.69) is 22.3 Å². The Morgan fingerprint density at radius 3 is 1.50 bits per heavy atom. The van der Waals surface area contributed by atoms with Crippen molar-refractivity contribution in [2.45, 2.75) is 27.7 Å². The minimum Gasteiger partial charge on any atom is -0.155 e. The first kappa shape index (κ1) is 10.6. The molecule has 0 saturated carbocycles. The molecule has 0 amide bonds. The first-order valence-corrected chi connectivity index (χ1v) is 4.97. The SMILES string of the molecule is CC.Cc1nnc(C)c2ccccc12. The molecule has 14 heavy (non-hydrogen) atoms. The van der Waals surface area contributed by atoms with Crippen molar-refractivity contribution in [3.63, 3.8) is 0 Å². The van der Waals surface area contributed by atoms with Crippen LogP contribution in [0.5, 0.6) is 0 Å².